The van der Waals surface area contributed by atoms with Gasteiger partial charge in [0.1, 0.15) is 17.7 Å². The van der Waals surface area contributed by atoms with Crippen LogP contribution in [0.4, 0.5) is 25.2 Å². The SMILES string of the molecule is O=C1O[C@@H](CNc2ncon2)CN1c1cc(F)c(C2C=CCCN2C(=O)[C@@H](O)CO)c(F)c1. The molecule has 2 aromatic rings. The lowest BCUT2D eigenvalue weighted by Crippen LogP contribution is -2.44. The number of aromatic nitrogens is 2. The molecule has 1 fully saturated rings. The third-order valence-corrected chi connectivity index (χ3v) is 5.33. The molecule has 11 nitrogen and oxygen atoms in total. The predicted molar refractivity (Wildman–Crippen MR) is 108 cm³/mol. The molecule has 2 amide bonds. The number of anilines is 2. The molecule has 2 aliphatic heterocycles. The molecule has 3 atom stereocenters. The van der Waals surface area contributed by atoms with Crippen LogP contribution >= 0.6 is 0 Å². The van der Waals surface area contributed by atoms with Crippen LogP contribution in [0.2, 0.25) is 0 Å². The number of aliphatic hydroxyl groups is 2. The maximum absolute atomic E-state index is 15.1. The second-order valence-electron chi connectivity index (χ2n) is 7.47. The van der Waals surface area contributed by atoms with E-state index in [2.05, 4.69) is 20.0 Å². The number of aliphatic hydroxyl groups excluding tert-OH is 2. The highest BCUT2D eigenvalue weighted by Crippen LogP contribution is 2.34. The van der Waals surface area contributed by atoms with Gasteiger partial charge in [-0.05, 0) is 23.7 Å². The molecule has 3 N–H and O–H groups in total. The maximum atomic E-state index is 15.1. The average Bonchev–Trinajstić information content (AvgIpc) is 3.46. The highest BCUT2D eigenvalue weighted by atomic mass is 19.1. The molecule has 0 aliphatic carbocycles. The van der Waals surface area contributed by atoms with E-state index in [1.165, 1.54) is 6.08 Å². The van der Waals surface area contributed by atoms with Crippen LogP contribution in [0.25, 0.3) is 0 Å². The summed E-state index contributed by atoms with van der Waals surface area (Å²) >= 11 is 0. The van der Waals surface area contributed by atoms with E-state index in [1.54, 1.807) is 6.08 Å². The number of cyclic esters (lactones) is 1. The zero-order chi connectivity index (χ0) is 23.5. The number of benzene rings is 1. The Bertz CT molecular complexity index is 1030. The summed E-state index contributed by atoms with van der Waals surface area (Å²) in [5, 5.41) is 25.2. The van der Waals surface area contributed by atoms with E-state index in [1.807, 2.05) is 0 Å². The summed E-state index contributed by atoms with van der Waals surface area (Å²) in [5.74, 6) is -2.58. The van der Waals surface area contributed by atoms with E-state index in [0.29, 0.717) is 6.42 Å². The fourth-order valence-corrected chi connectivity index (χ4v) is 3.75. The molecule has 1 saturated heterocycles. The second kappa shape index (κ2) is 9.50. The van der Waals surface area contributed by atoms with Crippen LogP contribution in [0.5, 0.6) is 0 Å². The highest BCUT2D eigenvalue weighted by molar-refractivity contribution is 5.90. The van der Waals surface area contributed by atoms with Gasteiger partial charge in [0.2, 0.25) is 6.39 Å². The molecule has 13 heteroatoms. The molecule has 176 valence electrons. The maximum Gasteiger partial charge on any atom is 0.414 e. The van der Waals surface area contributed by atoms with Gasteiger partial charge in [0.25, 0.3) is 11.9 Å². The third-order valence-electron chi connectivity index (χ3n) is 5.33. The van der Waals surface area contributed by atoms with Gasteiger partial charge in [0.15, 0.2) is 6.10 Å². The highest BCUT2D eigenvalue weighted by Gasteiger charge is 2.36. The number of hydrogen-bond donors (Lipinski definition) is 3. The van der Waals surface area contributed by atoms with Crippen molar-refractivity contribution in [3.05, 3.63) is 47.9 Å². The summed E-state index contributed by atoms with van der Waals surface area (Å²) in [6.07, 6.45) is 1.59. The van der Waals surface area contributed by atoms with Gasteiger partial charge in [-0.25, -0.2) is 13.6 Å². The Kier molecular flexibility index (Phi) is 6.51. The Morgan fingerprint density at radius 3 is 2.76 bits per heavy atom. The molecule has 0 bridgehead atoms. The van der Waals surface area contributed by atoms with Crippen molar-refractivity contribution in [2.45, 2.75) is 24.7 Å². The van der Waals surface area contributed by atoms with Crippen molar-refractivity contribution in [2.75, 3.05) is 36.5 Å². The molecule has 4 rings (SSSR count). The van der Waals surface area contributed by atoms with Crippen molar-refractivity contribution < 1.29 is 37.8 Å². The lowest BCUT2D eigenvalue weighted by molar-refractivity contribution is -0.144. The van der Waals surface area contributed by atoms with E-state index < -0.39 is 54.1 Å². The first-order valence-electron chi connectivity index (χ1n) is 10.1. The number of nitrogens with zero attached hydrogens (tertiary/aromatic N) is 4. The second-order valence-corrected chi connectivity index (χ2v) is 7.47. The molecule has 1 aromatic heterocycles. The zero-order valence-electron chi connectivity index (χ0n) is 17.2. The minimum absolute atomic E-state index is 0.0263. The number of rotatable bonds is 7. The van der Waals surface area contributed by atoms with Crippen LogP contribution in [0.1, 0.15) is 18.0 Å². The number of amides is 2. The number of carbonyl (C=O) groups is 2. The van der Waals surface area contributed by atoms with Crippen LogP contribution in [0, 0.1) is 11.6 Å². The molecule has 0 spiro atoms. The molecule has 0 saturated carbocycles. The van der Waals surface area contributed by atoms with Crippen LogP contribution in [-0.4, -0.2) is 75.7 Å². The molecule has 0 radical (unpaired) electrons. The smallest absolute Gasteiger partial charge is 0.414 e. The first-order valence-corrected chi connectivity index (χ1v) is 10.1. The van der Waals surface area contributed by atoms with Gasteiger partial charge in [-0.2, -0.15) is 4.98 Å². The number of hydrogen-bond acceptors (Lipinski definition) is 9. The van der Waals surface area contributed by atoms with Crippen molar-refractivity contribution in [1.29, 1.82) is 0 Å². The van der Waals surface area contributed by atoms with Crippen molar-refractivity contribution in [1.82, 2.24) is 15.0 Å². The monoisotopic (exact) mass is 465 g/mol. The fraction of sp³-hybridized carbons (Fsp3) is 0.400. The summed E-state index contributed by atoms with van der Waals surface area (Å²) in [5.41, 5.74) is -0.454. The first-order chi connectivity index (χ1) is 15.9. The molecule has 1 aromatic carbocycles. The molecular formula is C20H21F2N5O6. The molecule has 1 unspecified atom stereocenters. The van der Waals surface area contributed by atoms with Gasteiger partial charge in [-0.3, -0.25) is 9.69 Å². The van der Waals surface area contributed by atoms with Gasteiger partial charge >= 0.3 is 6.09 Å². The number of halogens is 2. The van der Waals surface area contributed by atoms with Crippen LogP contribution < -0.4 is 10.2 Å². The lowest BCUT2D eigenvalue weighted by Gasteiger charge is -2.34. The Labute approximate surface area is 186 Å². The van der Waals surface area contributed by atoms with E-state index in [-0.39, 0.29) is 31.3 Å². The van der Waals surface area contributed by atoms with Crippen molar-refractivity contribution in [2.24, 2.45) is 0 Å². The van der Waals surface area contributed by atoms with Gasteiger partial charge < -0.3 is 29.7 Å². The van der Waals surface area contributed by atoms with E-state index >= 15 is 8.78 Å². The Morgan fingerprint density at radius 1 is 1.33 bits per heavy atom. The topological polar surface area (TPSA) is 141 Å². The molecule has 3 heterocycles. The third kappa shape index (κ3) is 4.64. The number of carbonyl (C=O) groups excluding carboxylic acids is 2. The quantitative estimate of drug-likeness (QED) is 0.510. The van der Waals surface area contributed by atoms with E-state index in [0.717, 1.165) is 28.3 Å². The Morgan fingerprint density at radius 2 is 2.09 bits per heavy atom. The van der Waals surface area contributed by atoms with Crippen molar-refractivity contribution in [3.8, 4) is 0 Å². The van der Waals surface area contributed by atoms with Gasteiger partial charge in [-0.15, -0.1) is 0 Å². The van der Waals surface area contributed by atoms with E-state index in [4.69, 9.17) is 9.84 Å². The number of nitrogens with one attached hydrogen (secondary N) is 1. The summed E-state index contributed by atoms with van der Waals surface area (Å²) in [6, 6.07) is 0.865. The number of ether oxygens (including phenoxy) is 1. The molecule has 2 aliphatic rings. The van der Waals surface area contributed by atoms with Crippen LogP contribution in [-0.2, 0) is 9.53 Å². The lowest BCUT2D eigenvalue weighted by atomic mass is 9.98. The minimum atomic E-state index is -1.69. The molecular weight excluding hydrogens is 444 g/mol. The zero-order valence-corrected chi connectivity index (χ0v) is 17.2. The van der Waals surface area contributed by atoms with Gasteiger partial charge in [0, 0.05) is 6.54 Å². The summed E-state index contributed by atoms with van der Waals surface area (Å²) < 4.78 is 40.0. The summed E-state index contributed by atoms with van der Waals surface area (Å²) in [7, 11) is 0. The van der Waals surface area contributed by atoms with Crippen LogP contribution in [0.15, 0.2) is 35.2 Å². The Hall–Kier alpha value is -3.58. The average molecular weight is 465 g/mol. The van der Waals surface area contributed by atoms with Crippen molar-refractivity contribution in [3.63, 3.8) is 0 Å². The van der Waals surface area contributed by atoms with Crippen molar-refractivity contribution >= 4 is 23.6 Å². The van der Waals surface area contributed by atoms with E-state index in [9.17, 15) is 14.7 Å². The Balaban J connectivity index is 1.53. The fourth-order valence-electron chi connectivity index (χ4n) is 3.75. The normalized spacial score (nSPS) is 21.3. The summed E-state index contributed by atoms with van der Waals surface area (Å²) in [6.45, 7) is -0.513. The van der Waals surface area contributed by atoms with Gasteiger partial charge in [-0.1, -0.05) is 12.2 Å². The predicted octanol–water partition coefficient (Wildman–Crippen LogP) is 0.968. The summed E-state index contributed by atoms with van der Waals surface area (Å²) in [4.78, 5) is 30.6. The molecule has 33 heavy (non-hydrogen) atoms. The van der Waals surface area contributed by atoms with Gasteiger partial charge in [0.05, 0.1) is 37.0 Å². The van der Waals surface area contributed by atoms with Crippen LogP contribution in [0.3, 0.4) is 0 Å². The first kappa shape index (κ1) is 22.6. The standard InChI is InChI=1S/C20H21F2N5O6/c21-13-5-11(27-8-12(33-20(27)31)7-23-19-24-10-32-25-19)6-14(22)17(13)15-3-1-2-4-26(15)18(30)16(29)9-28/h1,3,5-6,10,12,15-16,28-29H,2,4,7-9H2,(H,23,25)/t12-,15?,16-/m0/s1. The minimum Gasteiger partial charge on any atom is -0.442 e. The largest absolute Gasteiger partial charge is 0.442 e.